The second-order valence-electron chi connectivity index (χ2n) is 4.35. The van der Waals surface area contributed by atoms with Crippen LogP contribution in [0.4, 0.5) is 0 Å². The number of rotatable bonds is 2. The molecule has 0 atom stereocenters. The van der Waals surface area contributed by atoms with Gasteiger partial charge < -0.3 is 5.43 Å². The molecule has 0 fully saturated rings. The lowest BCUT2D eigenvalue weighted by Crippen LogP contribution is -2.21. The maximum absolute atomic E-state index is 5.93. The third kappa shape index (κ3) is 2.23. The predicted molar refractivity (Wildman–Crippen MR) is 80.1 cm³/mol. The van der Waals surface area contributed by atoms with Gasteiger partial charge in [-0.05, 0) is 17.7 Å². The third-order valence-electron chi connectivity index (χ3n) is 3.09. The number of nitrogens with one attached hydrogen (secondary N) is 2. The van der Waals surface area contributed by atoms with Crippen LogP contribution in [0.25, 0.3) is 11.3 Å². The summed E-state index contributed by atoms with van der Waals surface area (Å²) >= 11 is 5.93. The first-order valence-corrected chi connectivity index (χ1v) is 6.40. The minimum absolute atomic E-state index is 0.732. The van der Waals surface area contributed by atoms with E-state index in [0.717, 1.165) is 33.1 Å². The molecule has 0 spiro atoms. The number of halogens is 1. The van der Waals surface area contributed by atoms with Gasteiger partial charge in [0.2, 0.25) is 0 Å². The molecule has 3 rings (SSSR count). The van der Waals surface area contributed by atoms with E-state index in [-0.39, 0.29) is 0 Å². The van der Waals surface area contributed by atoms with Crippen LogP contribution in [0.2, 0.25) is 5.02 Å². The highest BCUT2D eigenvalue weighted by atomic mass is 35.5. The zero-order chi connectivity index (χ0) is 13.2. The smallest absolute Gasteiger partial charge is 0.0711 e. The van der Waals surface area contributed by atoms with E-state index in [4.69, 9.17) is 11.6 Å². The van der Waals surface area contributed by atoms with Crippen LogP contribution < -0.4 is 10.9 Å². The van der Waals surface area contributed by atoms with Crippen LogP contribution in [0.1, 0.15) is 11.1 Å². The van der Waals surface area contributed by atoms with E-state index >= 15 is 0 Å². The first-order chi connectivity index (χ1) is 9.25. The molecular weight excluding hydrogens is 256 g/mol. The Morgan fingerprint density at radius 3 is 2.16 bits per heavy atom. The summed E-state index contributed by atoms with van der Waals surface area (Å²) in [6.07, 6.45) is 0. The topological polar surface area (TPSA) is 24.1 Å². The SMILES string of the molecule is C=C1NNC(c2ccc(Cl)cc2)=C1c1ccccc1. The van der Waals surface area contributed by atoms with E-state index in [1.54, 1.807) is 0 Å². The Kier molecular flexibility index (Phi) is 3.02. The lowest BCUT2D eigenvalue weighted by Gasteiger charge is -2.07. The van der Waals surface area contributed by atoms with Gasteiger partial charge in [0.25, 0.3) is 0 Å². The minimum Gasteiger partial charge on any atom is -0.301 e. The van der Waals surface area contributed by atoms with Crippen LogP contribution >= 0.6 is 11.6 Å². The van der Waals surface area contributed by atoms with Crippen molar-refractivity contribution in [1.29, 1.82) is 0 Å². The Bertz CT molecular complexity index is 642. The molecule has 2 aromatic rings. The van der Waals surface area contributed by atoms with Gasteiger partial charge in [-0.3, -0.25) is 5.43 Å². The van der Waals surface area contributed by atoms with Gasteiger partial charge in [-0.15, -0.1) is 0 Å². The Balaban J connectivity index is 2.13. The van der Waals surface area contributed by atoms with Crippen LogP contribution in [0, 0.1) is 0 Å². The number of hydrogen-bond acceptors (Lipinski definition) is 2. The summed E-state index contributed by atoms with van der Waals surface area (Å²) in [7, 11) is 0. The minimum atomic E-state index is 0.732. The van der Waals surface area contributed by atoms with Crippen molar-refractivity contribution in [3.05, 3.63) is 83.0 Å². The maximum atomic E-state index is 5.93. The molecule has 0 saturated carbocycles. The van der Waals surface area contributed by atoms with E-state index < -0.39 is 0 Å². The van der Waals surface area contributed by atoms with Crippen molar-refractivity contribution in [1.82, 2.24) is 10.9 Å². The molecule has 2 aromatic carbocycles. The first-order valence-electron chi connectivity index (χ1n) is 6.02. The largest absolute Gasteiger partial charge is 0.301 e. The summed E-state index contributed by atoms with van der Waals surface area (Å²) in [5.41, 5.74) is 11.4. The fourth-order valence-electron chi connectivity index (χ4n) is 2.17. The fraction of sp³-hybridized carbons (Fsp3) is 0. The van der Waals surface area contributed by atoms with E-state index in [1.807, 2.05) is 42.5 Å². The second kappa shape index (κ2) is 4.82. The van der Waals surface area contributed by atoms with Crippen molar-refractivity contribution in [3.63, 3.8) is 0 Å². The lowest BCUT2D eigenvalue weighted by atomic mass is 9.99. The maximum Gasteiger partial charge on any atom is 0.0711 e. The van der Waals surface area contributed by atoms with Crippen molar-refractivity contribution in [2.45, 2.75) is 0 Å². The van der Waals surface area contributed by atoms with E-state index in [1.165, 1.54) is 0 Å². The summed E-state index contributed by atoms with van der Waals surface area (Å²) in [5, 5.41) is 0.732. The molecule has 1 heterocycles. The lowest BCUT2D eigenvalue weighted by molar-refractivity contribution is 0.804. The van der Waals surface area contributed by atoms with Crippen LogP contribution in [-0.2, 0) is 0 Å². The molecule has 1 aliphatic rings. The highest BCUT2D eigenvalue weighted by Gasteiger charge is 2.20. The number of allylic oxidation sites excluding steroid dienone is 1. The van der Waals surface area contributed by atoms with Gasteiger partial charge in [-0.1, -0.05) is 60.6 Å². The average molecular weight is 269 g/mol. The summed E-state index contributed by atoms with van der Waals surface area (Å²) in [6.45, 7) is 4.05. The average Bonchev–Trinajstić information content (AvgIpc) is 2.82. The summed E-state index contributed by atoms with van der Waals surface area (Å²) in [4.78, 5) is 0. The molecule has 0 radical (unpaired) electrons. The normalized spacial score (nSPS) is 14.3. The molecule has 3 heteroatoms. The fourth-order valence-corrected chi connectivity index (χ4v) is 2.30. The molecule has 0 aromatic heterocycles. The highest BCUT2D eigenvalue weighted by molar-refractivity contribution is 6.30. The van der Waals surface area contributed by atoms with Crippen molar-refractivity contribution in [2.75, 3.05) is 0 Å². The van der Waals surface area contributed by atoms with Gasteiger partial charge in [-0.2, -0.15) is 0 Å². The van der Waals surface area contributed by atoms with Gasteiger partial charge in [0, 0.05) is 16.2 Å². The van der Waals surface area contributed by atoms with Gasteiger partial charge in [0.15, 0.2) is 0 Å². The number of hydrazine groups is 1. The Morgan fingerprint density at radius 2 is 1.47 bits per heavy atom. The summed E-state index contributed by atoms with van der Waals surface area (Å²) < 4.78 is 0. The van der Waals surface area contributed by atoms with Gasteiger partial charge >= 0.3 is 0 Å². The van der Waals surface area contributed by atoms with Crippen LogP contribution in [0.5, 0.6) is 0 Å². The molecule has 1 aliphatic heterocycles. The molecule has 19 heavy (non-hydrogen) atoms. The molecule has 0 aliphatic carbocycles. The van der Waals surface area contributed by atoms with Gasteiger partial charge in [-0.25, -0.2) is 0 Å². The van der Waals surface area contributed by atoms with Crippen LogP contribution in [0.3, 0.4) is 0 Å². The van der Waals surface area contributed by atoms with E-state index in [0.29, 0.717) is 0 Å². The van der Waals surface area contributed by atoms with E-state index in [2.05, 4.69) is 29.6 Å². The molecule has 0 saturated heterocycles. The Morgan fingerprint density at radius 1 is 0.789 bits per heavy atom. The first kappa shape index (κ1) is 11.9. The third-order valence-corrected chi connectivity index (χ3v) is 3.34. The van der Waals surface area contributed by atoms with Gasteiger partial charge in [0.1, 0.15) is 0 Å². The zero-order valence-corrected chi connectivity index (χ0v) is 11.0. The standard InChI is InChI=1S/C16H13ClN2/c1-11-15(12-5-3-2-4-6-12)16(19-18-11)13-7-9-14(17)10-8-13/h2-10,18-19H,1H2. The summed E-state index contributed by atoms with van der Waals surface area (Å²) in [6, 6.07) is 18.0. The number of benzene rings is 2. The van der Waals surface area contributed by atoms with Crippen molar-refractivity contribution in [2.24, 2.45) is 0 Å². The highest BCUT2D eigenvalue weighted by Crippen LogP contribution is 2.32. The Hall–Kier alpha value is -2.19. The molecule has 0 amide bonds. The van der Waals surface area contributed by atoms with Crippen molar-refractivity contribution < 1.29 is 0 Å². The van der Waals surface area contributed by atoms with Crippen LogP contribution in [0.15, 0.2) is 66.9 Å². The Labute approximate surface area is 117 Å². The molecule has 94 valence electrons. The molecule has 2 N–H and O–H groups in total. The predicted octanol–water partition coefficient (Wildman–Crippen LogP) is 3.83. The molecule has 2 nitrogen and oxygen atoms in total. The molecule has 0 bridgehead atoms. The molecular formula is C16H13ClN2. The quantitative estimate of drug-likeness (QED) is 0.865. The van der Waals surface area contributed by atoms with E-state index in [9.17, 15) is 0 Å². The number of hydrogen-bond donors (Lipinski definition) is 2. The van der Waals surface area contributed by atoms with Gasteiger partial charge in [0.05, 0.1) is 11.4 Å². The van der Waals surface area contributed by atoms with Crippen molar-refractivity contribution in [3.8, 4) is 0 Å². The second-order valence-corrected chi connectivity index (χ2v) is 4.79. The zero-order valence-electron chi connectivity index (χ0n) is 10.3. The van der Waals surface area contributed by atoms with Crippen LogP contribution in [-0.4, -0.2) is 0 Å². The molecule has 0 unspecified atom stereocenters. The van der Waals surface area contributed by atoms with Crippen molar-refractivity contribution >= 4 is 22.9 Å². The summed E-state index contributed by atoms with van der Waals surface area (Å²) in [5.74, 6) is 0. The monoisotopic (exact) mass is 268 g/mol.